The lowest BCUT2D eigenvalue weighted by molar-refractivity contribution is -0.114. The Hall–Kier alpha value is -4.09. The van der Waals surface area contributed by atoms with E-state index in [1.807, 2.05) is 78.6 Å². The van der Waals surface area contributed by atoms with E-state index in [4.69, 9.17) is 0 Å². The van der Waals surface area contributed by atoms with Gasteiger partial charge in [0.2, 0.25) is 0 Å². The number of benzene rings is 4. The lowest BCUT2D eigenvalue weighted by Crippen LogP contribution is -2.33. The van der Waals surface area contributed by atoms with Crippen LogP contribution in [0.1, 0.15) is 46.0 Å². The van der Waals surface area contributed by atoms with Crippen LogP contribution in [0.4, 0.5) is 5.69 Å². The van der Waals surface area contributed by atoms with Crippen molar-refractivity contribution in [3.63, 3.8) is 0 Å². The predicted octanol–water partition coefficient (Wildman–Crippen LogP) is 7.43. The molecule has 0 radical (unpaired) electrons. The summed E-state index contributed by atoms with van der Waals surface area (Å²) in [5.74, 6) is -0.107. The SMILES string of the molecule is Cc1ccc(CN2C(=O)/C(=C\c3ccc(C(=O)NC(C)CCc4ccccc4)cc3)Sc3ccccc32)cc1. The predicted molar refractivity (Wildman–Crippen MR) is 161 cm³/mol. The number of fused-ring (bicyclic) bond motifs is 1. The molecule has 0 bridgehead atoms. The van der Waals surface area contributed by atoms with Gasteiger partial charge in [0, 0.05) is 16.5 Å². The number of hydrogen-bond acceptors (Lipinski definition) is 3. The van der Waals surface area contributed by atoms with Crippen molar-refractivity contribution < 1.29 is 9.59 Å². The van der Waals surface area contributed by atoms with Crippen molar-refractivity contribution in [3.05, 3.63) is 136 Å². The Bertz CT molecular complexity index is 1480. The number of carbonyl (C=O) groups is 2. The van der Waals surface area contributed by atoms with Crippen molar-refractivity contribution in [2.24, 2.45) is 0 Å². The summed E-state index contributed by atoms with van der Waals surface area (Å²) in [6.07, 6.45) is 3.71. The molecule has 39 heavy (non-hydrogen) atoms. The van der Waals surface area contributed by atoms with E-state index in [9.17, 15) is 9.59 Å². The summed E-state index contributed by atoms with van der Waals surface area (Å²) in [4.78, 5) is 30.0. The topological polar surface area (TPSA) is 49.4 Å². The van der Waals surface area contributed by atoms with Gasteiger partial charge in [0.1, 0.15) is 0 Å². The first-order valence-corrected chi connectivity index (χ1v) is 14.1. The third-order valence-corrected chi connectivity index (χ3v) is 7.93. The summed E-state index contributed by atoms with van der Waals surface area (Å²) >= 11 is 1.49. The number of amides is 2. The second-order valence-corrected chi connectivity index (χ2v) is 11.1. The van der Waals surface area contributed by atoms with Gasteiger partial charge in [-0.2, -0.15) is 0 Å². The van der Waals surface area contributed by atoms with Gasteiger partial charge in [0.15, 0.2) is 0 Å². The van der Waals surface area contributed by atoms with Crippen LogP contribution in [0.15, 0.2) is 113 Å². The van der Waals surface area contributed by atoms with Gasteiger partial charge in [-0.15, -0.1) is 0 Å². The van der Waals surface area contributed by atoms with Crippen LogP contribution in [0.2, 0.25) is 0 Å². The van der Waals surface area contributed by atoms with E-state index < -0.39 is 0 Å². The molecule has 0 aromatic heterocycles. The van der Waals surface area contributed by atoms with Gasteiger partial charge in [-0.25, -0.2) is 0 Å². The zero-order chi connectivity index (χ0) is 27.2. The Morgan fingerprint density at radius 1 is 0.872 bits per heavy atom. The molecule has 0 aliphatic carbocycles. The number of para-hydroxylation sites is 1. The van der Waals surface area contributed by atoms with Crippen molar-refractivity contribution in [1.29, 1.82) is 0 Å². The van der Waals surface area contributed by atoms with E-state index in [-0.39, 0.29) is 17.9 Å². The number of rotatable bonds is 8. The third-order valence-electron chi connectivity index (χ3n) is 6.85. The molecule has 1 heterocycles. The lowest BCUT2D eigenvalue weighted by Gasteiger charge is -2.30. The van der Waals surface area contributed by atoms with Crippen LogP contribution in [0.25, 0.3) is 6.08 Å². The zero-order valence-electron chi connectivity index (χ0n) is 22.3. The largest absolute Gasteiger partial charge is 0.350 e. The van der Waals surface area contributed by atoms with E-state index in [1.165, 1.54) is 22.9 Å². The van der Waals surface area contributed by atoms with E-state index in [0.717, 1.165) is 34.6 Å². The van der Waals surface area contributed by atoms with Crippen molar-refractivity contribution in [1.82, 2.24) is 5.32 Å². The highest BCUT2D eigenvalue weighted by molar-refractivity contribution is 8.04. The summed E-state index contributed by atoms with van der Waals surface area (Å²) in [6, 6.07) is 34.1. The van der Waals surface area contributed by atoms with Gasteiger partial charge < -0.3 is 10.2 Å². The molecule has 1 aliphatic rings. The number of nitrogens with zero attached hydrogens (tertiary/aromatic N) is 1. The van der Waals surface area contributed by atoms with Gasteiger partial charge in [0.25, 0.3) is 11.8 Å². The minimum atomic E-state index is -0.0870. The minimum Gasteiger partial charge on any atom is -0.350 e. The molecule has 5 heteroatoms. The quantitative estimate of drug-likeness (QED) is 0.240. The third kappa shape index (κ3) is 6.68. The van der Waals surface area contributed by atoms with Gasteiger partial charge in [-0.1, -0.05) is 96.2 Å². The van der Waals surface area contributed by atoms with E-state index in [1.54, 1.807) is 0 Å². The van der Waals surface area contributed by atoms with Crippen LogP contribution in [0, 0.1) is 6.92 Å². The van der Waals surface area contributed by atoms with Crippen molar-refractivity contribution in [2.75, 3.05) is 4.90 Å². The number of carbonyl (C=O) groups excluding carboxylic acids is 2. The standard InChI is InChI=1S/C34H32N2O2S/c1-24-12-15-28(16-13-24)23-36-30-10-6-7-11-31(30)39-32(34(36)38)22-27-18-20-29(21-19-27)33(37)35-25(2)14-17-26-8-4-3-5-9-26/h3-13,15-16,18-22,25H,14,17,23H2,1-2H3,(H,35,37)/b32-22+. The van der Waals surface area contributed by atoms with E-state index in [0.29, 0.717) is 17.0 Å². The molecule has 0 saturated carbocycles. The first-order valence-electron chi connectivity index (χ1n) is 13.3. The number of aryl methyl sites for hydroxylation is 2. The first kappa shape index (κ1) is 26.5. The van der Waals surface area contributed by atoms with Gasteiger partial charge in [-0.05, 0) is 73.7 Å². The molecule has 4 aromatic carbocycles. The monoisotopic (exact) mass is 532 g/mol. The van der Waals surface area contributed by atoms with Crippen LogP contribution in [-0.4, -0.2) is 17.9 Å². The van der Waals surface area contributed by atoms with Gasteiger partial charge in [-0.3, -0.25) is 9.59 Å². The molecule has 0 fully saturated rings. The molecular formula is C34H32N2O2S. The van der Waals surface area contributed by atoms with Crippen LogP contribution >= 0.6 is 11.8 Å². The molecular weight excluding hydrogens is 500 g/mol. The van der Waals surface area contributed by atoms with Gasteiger partial charge >= 0.3 is 0 Å². The number of nitrogens with one attached hydrogen (secondary N) is 1. The fourth-order valence-corrected chi connectivity index (χ4v) is 5.64. The molecule has 5 rings (SSSR count). The molecule has 196 valence electrons. The number of anilines is 1. The van der Waals surface area contributed by atoms with Crippen LogP contribution < -0.4 is 10.2 Å². The number of thioether (sulfide) groups is 1. The lowest BCUT2D eigenvalue weighted by atomic mass is 10.1. The van der Waals surface area contributed by atoms with E-state index in [2.05, 4.69) is 54.7 Å². The average molecular weight is 533 g/mol. The molecule has 0 saturated heterocycles. The van der Waals surface area contributed by atoms with Crippen LogP contribution in [0.3, 0.4) is 0 Å². The zero-order valence-corrected chi connectivity index (χ0v) is 23.1. The summed E-state index contributed by atoms with van der Waals surface area (Å²) in [6.45, 7) is 4.60. The molecule has 1 N–H and O–H groups in total. The highest BCUT2D eigenvalue weighted by Crippen LogP contribution is 2.42. The van der Waals surface area contributed by atoms with Crippen molar-refractivity contribution in [2.45, 2.75) is 44.2 Å². The highest BCUT2D eigenvalue weighted by atomic mass is 32.2. The second kappa shape index (κ2) is 12.2. The fourth-order valence-electron chi connectivity index (χ4n) is 4.58. The highest BCUT2D eigenvalue weighted by Gasteiger charge is 2.29. The molecule has 0 spiro atoms. The Morgan fingerprint density at radius 3 is 2.31 bits per heavy atom. The number of hydrogen-bond donors (Lipinski definition) is 1. The fraction of sp³-hybridized carbons (Fsp3) is 0.176. The summed E-state index contributed by atoms with van der Waals surface area (Å²) in [5, 5.41) is 3.10. The molecule has 1 atom stereocenters. The average Bonchev–Trinajstić information content (AvgIpc) is 2.96. The summed E-state index contributed by atoms with van der Waals surface area (Å²) in [5.41, 5.74) is 5.97. The van der Waals surface area contributed by atoms with Gasteiger partial charge in [0.05, 0.1) is 17.1 Å². The maximum Gasteiger partial charge on any atom is 0.265 e. The maximum atomic E-state index is 13.6. The van der Waals surface area contributed by atoms with Crippen molar-refractivity contribution >= 4 is 35.3 Å². The maximum absolute atomic E-state index is 13.6. The Balaban J connectivity index is 1.27. The molecule has 4 nitrogen and oxygen atoms in total. The Kier molecular flexibility index (Phi) is 8.28. The summed E-state index contributed by atoms with van der Waals surface area (Å²) < 4.78 is 0. The Labute approximate surface area is 234 Å². The smallest absolute Gasteiger partial charge is 0.265 e. The van der Waals surface area contributed by atoms with Crippen LogP contribution in [-0.2, 0) is 17.8 Å². The minimum absolute atomic E-state index is 0.0201. The van der Waals surface area contributed by atoms with Crippen LogP contribution in [0.5, 0.6) is 0 Å². The first-order chi connectivity index (χ1) is 19.0. The summed E-state index contributed by atoms with van der Waals surface area (Å²) in [7, 11) is 0. The van der Waals surface area contributed by atoms with E-state index >= 15 is 0 Å². The van der Waals surface area contributed by atoms with Crippen molar-refractivity contribution in [3.8, 4) is 0 Å². The molecule has 1 unspecified atom stereocenters. The normalized spacial score (nSPS) is 14.7. The molecule has 4 aromatic rings. The molecule has 2 amide bonds. The Morgan fingerprint density at radius 2 is 1.56 bits per heavy atom. The molecule has 1 aliphatic heterocycles. The second-order valence-electron chi connectivity index (χ2n) is 9.98.